The first-order valence-electron chi connectivity index (χ1n) is 6.71. The first-order chi connectivity index (χ1) is 9.79. The molecule has 0 aromatic heterocycles. The molecule has 0 fully saturated rings. The molecule has 0 aliphatic heterocycles. The topological polar surface area (TPSA) is 26.3 Å². The molecule has 2 nitrogen and oxygen atoms in total. The molecule has 0 N–H and O–H groups in total. The second kappa shape index (κ2) is 7.71. The molecule has 0 atom stereocenters. The van der Waals surface area contributed by atoms with Crippen LogP contribution in [0.1, 0.15) is 28.8 Å². The van der Waals surface area contributed by atoms with E-state index in [1.54, 1.807) is 18.2 Å². The Morgan fingerprint density at radius 1 is 1.05 bits per heavy atom. The Morgan fingerprint density at radius 3 is 2.60 bits per heavy atom. The average molecular weight is 289 g/mol. The first-order valence-corrected chi connectivity index (χ1v) is 7.09. The van der Waals surface area contributed by atoms with E-state index >= 15 is 0 Å². The molecule has 0 aliphatic rings. The van der Waals surface area contributed by atoms with E-state index in [4.69, 9.17) is 16.3 Å². The van der Waals surface area contributed by atoms with E-state index in [1.807, 2.05) is 6.07 Å². The normalized spacial score (nSPS) is 10.2. The summed E-state index contributed by atoms with van der Waals surface area (Å²) < 4.78 is 5.63. The summed E-state index contributed by atoms with van der Waals surface area (Å²) in [5.41, 5.74) is 1.84. The molecule has 0 aliphatic carbocycles. The quantitative estimate of drug-likeness (QED) is 0.552. The zero-order chi connectivity index (χ0) is 14.2. The Kier molecular flexibility index (Phi) is 5.63. The van der Waals surface area contributed by atoms with E-state index in [1.165, 1.54) is 5.56 Å². The summed E-state index contributed by atoms with van der Waals surface area (Å²) in [7, 11) is 0. The van der Waals surface area contributed by atoms with Crippen molar-refractivity contribution in [2.75, 3.05) is 6.61 Å². The van der Waals surface area contributed by atoms with E-state index in [9.17, 15) is 4.79 Å². The largest absolute Gasteiger partial charge is 0.493 e. The Balaban J connectivity index is 1.75. The zero-order valence-corrected chi connectivity index (χ0v) is 12.0. The van der Waals surface area contributed by atoms with Crippen LogP contribution in [-0.4, -0.2) is 12.9 Å². The summed E-state index contributed by atoms with van der Waals surface area (Å²) in [6.45, 7) is 0.606. The molecule has 104 valence electrons. The number of benzene rings is 2. The van der Waals surface area contributed by atoms with Crippen molar-refractivity contribution in [2.45, 2.75) is 19.3 Å². The number of unbranched alkanes of at least 4 members (excludes halogenated alkanes) is 1. The van der Waals surface area contributed by atoms with Crippen LogP contribution >= 0.6 is 11.6 Å². The summed E-state index contributed by atoms with van der Waals surface area (Å²) in [4.78, 5) is 10.9. The SMILES string of the molecule is O=Cc1cc(Cl)ccc1OCCCCc1ccccc1. The van der Waals surface area contributed by atoms with E-state index in [-0.39, 0.29) is 0 Å². The van der Waals surface area contributed by atoms with Crippen LogP contribution in [0.2, 0.25) is 5.02 Å². The number of aldehydes is 1. The number of halogens is 1. The van der Waals surface area contributed by atoms with Gasteiger partial charge >= 0.3 is 0 Å². The Hall–Kier alpha value is -1.80. The molecule has 20 heavy (non-hydrogen) atoms. The molecule has 0 heterocycles. The smallest absolute Gasteiger partial charge is 0.153 e. The lowest BCUT2D eigenvalue weighted by Crippen LogP contribution is -2.00. The maximum absolute atomic E-state index is 10.9. The minimum atomic E-state index is 0.501. The predicted molar refractivity (Wildman–Crippen MR) is 81.7 cm³/mol. The van der Waals surface area contributed by atoms with Gasteiger partial charge in [-0.3, -0.25) is 4.79 Å². The third-order valence-electron chi connectivity index (χ3n) is 3.06. The Morgan fingerprint density at radius 2 is 1.85 bits per heavy atom. The third-order valence-corrected chi connectivity index (χ3v) is 3.29. The van der Waals surface area contributed by atoms with Crippen molar-refractivity contribution in [3.63, 3.8) is 0 Å². The molecule has 2 aromatic carbocycles. The fourth-order valence-electron chi connectivity index (χ4n) is 2.00. The molecule has 0 unspecified atom stereocenters. The lowest BCUT2D eigenvalue weighted by Gasteiger charge is -2.08. The minimum Gasteiger partial charge on any atom is -0.493 e. The van der Waals surface area contributed by atoms with E-state index in [0.717, 1.165) is 25.5 Å². The van der Waals surface area contributed by atoms with Crippen molar-refractivity contribution >= 4 is 17.9 Å². The molecular formula is C17H17ClO2. The maximum atomic E-state index is 10.9. The number of ether oxygens (including phenoxy) is 1. The van der Waals surface area contributed by atoms with Crippen LogP contribution in [0.15, 0.2) is 48.5 Å². The number of carbonyl (C=O) groups excluding carboxylic acids is 1. The molecule has 2 rings (SSSR count). The fraction of sp³-hybridized carbons (Fsp3) is 0.235. The van der Waals surface area contributed by atoms with Gasteiger partial charge in [0.05, 0.1) is 12.2 Å². The summed E-state index contributed by atoms with van der Waals surface area (Å²) in [5, 5.41) is 0.545. The van der Waals surface area contributed by atoms with Crippen LogP contribution in [0.4, 0.5) is 0 Å². The second-order valence-corrected chi connectivity index (χ2v) is 5.03. The van der Waals surface area contributed by atoms with Crippen LogP contribution in [0.3, 0.4) is 0 Å². The summed E-state index contributed by atoms with van der Waals surface area (Å²) in [6.07, 6.45) is 3.83. The van der Waals surface area contributed by atoms with Crippen molar-refractivity contribution in [3.8, 4) is 5.75 Å². The number of aryl methyl sites for hydroxylation is 1. The van der Waals surface area contributed by atoms with E-state index in [2.05, 4.69) is 24.3 Å². The number of hydrogen-bond donors (Lipinski definition) is 0. The third kappa shape index (κ3) is 4.39. The van der Waals surface area contributed by atoms with Crippen molar-refractivity contribution in [2.24, 2.45) is 0 Å². The van der Waals surface area contributed by atoms with Gasteiger partial charge in [-0.1, -0.05) is 41.9 Å². The number of rotatable bonds is 7. The molecule has 0 saturated heterocycles. The van der Waals surface area contributed by atoms with Gasteiger partial charge in [0.25, 0.3) is 0 Å². The second-order valence-electron chi connectivity index (χ2n) is 4.59. The van der Waals surface area contributed by atoms with Gasteiger partial charge in [-0.05, 0) is 43.0 Å². The fourth-order valence-corrected chi connectivity index (χ4v) is 2.18. The van der Waals surface area contributed by atoms with Gasteiger partial charge in [-0.15, -0.1) is 0 Å². The van der Waals surface area contributed by atoms with E-state index < -0.39 is 0 Å². The van der Waals surface area contributed by atoms with Crippen LogP contribution in [0.5, 0.6) is 5.75 Å². The van der Waals surface area contributed by atoms with Gasteiger partial charge < -0.3 is 4.74 Å². The Labute approximate surface area is 124 Å². The van der Waals surface area contributed by atoms with Crippen molar-refractivity contribution < 1.29 is 9.53 Å². The molecule has 3 heteroatoms. The van der Waals surface area contributed by atoms with Gasteiger partial charge in [0.2, 0.25) is 0 Å². The zero-order valence-electron chi connectivity index (χ0n) is 11.2. The number of hydrogen-bond acceptors (Lipinski definition) is 2. The maximum Gasteiger partial charge on any atom is 0.153 e. The van der Waals surface area contributed by atoms with Crippen molar-refractivity contribution in [1.29, 1.82) is 0 Å². The summed E-state index contributed by atoms with van der Waals surface area (Å²) >= 11 is 5.83. The Bertz CT molecular complexity index is 552. The van der Waals surface area contributed by atoms with Gasteiger partial charge in [0.1, 0.15) is 5.75 Å². The van der Waals surface area contributed by atoms with Crippen LogP contribution in [0, 0.1) is 0 Å². The van der Waals surface area contributed by atoms with Crippen molar-refractivity contribution in [3.05, 3.63) is 64.7 Å². The van der Waals surface area contributed by atoms with Crippen molar-refractivity contribution in [1.82, 2.24) is 0 Å². The first kappa shape index (κ1) is 14.6. The molecule has 0 spiro atoms. The van der Waals surface area contributed by atoms with Crippen LogP contribution < -0.4 is 4.74 Å². The van der Waals surface area contributed by atoms with Gasteiger partial charge in [0.15, 0.2) is 6.29 Å². The molecule has 0 radical (unpaired) electrons. The molecular weight excluding hydrogens is 272 g/mol. The lowest BCUT2D eigenvalue weighted by atomic mass is 10.1. The number of carbonyl (C=O) groups is 1. The average Bonchev–Trinajstić information content (AvgIpc) is 2.49. The van der Waals surface area contributed by atoms with Gasteiger partial charge in [-0.2, -0.15) is 0 Å². The highest BCUT2D eigenvalue weighted by Crippen LogP contribution is 2.21. The van der Waals surface area contributed by atoms with Crippen LogP contribution in [-0.2, 0) is 6.42 Å². The van der Waals surface area contributed by atoms with Gasteiger partial charge in [0, 0.05) is 5.02 Å². The monoisotopic (exact) mass is 288 g/mol. The minimum absolute atomic E-state index is 0.501. The van der Waals surface area contributed by atoms with Crippen LogP contribution in [0.25, 0.3) is 0 Å². The van der Waals surface area contributed by atoms with E-state index in [0.29, 0.717) is 22.9 Å². The highest BCUT2D eigenvalue weighted by Gasteiger charge is 2.03. The lowest BCUT2D eigenvalue weighted by molar-refractivity contribution is 0.111. The predicted octanol–water partition coefficient (Wildman–Crippen LogP) is 4.55. The molecule has 0 amide bonds. The standard InChI is InChI=1S/C17H17ClO2/c18-16-9-10-17(15(12-16)13-19)20-11-5-4-8-14-6-2-1-3-7-14/h1-3,6-7,9-10,12-13H,4-5,8,11H2. The summed E-state index contributed by atoms with van der Waals surface area (Å²) in [5.74, 6) is 0.601. The van der Waals surface area contributed by atoms with Gasteiger partial charge in [-0.25, -0.2) is 0 Å². The highest BCUT2D eigenvalue weighted by atomic mass is 35.5. The molecule has 2 aromatic rings. The molecule has 0 saturated carbocycles. The molecule has 0 bridgehead atoms. The summed E-state index contributed by atoms with van der Waals surface area (Å²) in [6, 6.07) is 15.5. The highest BCUT2D eigenvalue weighted by molar-refractivity contribution is 6.30.